The Morgan fingerprint density at radius 3 is 2.11 bits per heavy atom. The Bertz CT molecular complexity index is 703. The molecule has 1 aromatic heterocycles. The van der Waals surface area contributed by atoms with Crippen molar-refractivity contribution >= 4 is 11.8 Å². The number of nitrogens with zero attached hydrogens (tertiary/aromatic N) is 4. The van der Waals surface area contributed by atoms with E-state index >= 15 is 0 Å². The van der Waals surface area contributed by atoms with Crippen LogP contribution in [0.1, 0.15) is 56.7 Å². The number of amides is 2. The summed E-state index contributed by atoms with van der Waals surface area (Å²) >= 11 is 0. The smallest absolute Gasteiger partial charge is 0.233 e. The van der Waals surface area contributed by atoms with Crippen LogP contribution in [0.4, 0.5) is 0 Å². The third kappa shape index (κ3) is 3.15. The van der Waals surface area contributed by atoms with Crippen LogP contribution in [-0.2, 0) is 9.59 Å². The van der Waals surface area contributed by atoms with Gasteiger partial charge in [-0.25, -0.2) is 9.97 Å². The summed E-state index contributed by atoms with van der Waals surface area (Å²) in [6, 6.07) is 1.87. The number of aromatic nitrogens is 2. The number of piperidine rings is 1. The minimum Gasteiger partial charge on any atom is -0.303 e. The summed E-state index contributed by atoms with van der Waals surface area (Å²) in [5.41, 5.74) is 0. The van der Waals surface area contributed by atoms with Crippen molar-refractivity contribution in [3.05, 3.63) is 24.3 Å². The highest BCUT2D eigenvalue weighted by atomic mass is 16.2. The molecule has 4 fully saturated rings. The monoisotopic (exact) mass is 382 g/mol. The number of hydrogen-bond donors (Lipinski definition) is 0. The molecule has 5 rings (SSSR count). The van der Waals surface area contributed by atoms with E-state index in [1.807, 2.05) is 18.5 Å². The van der Waals surface area contributed by atoms with Gasteiger partial charge in [0, 0.05) is 24.9 Å². The summed E-state index contributed by atoms with van der Waals surface area (Å²) in [7, 11) is 0. The molecule has 150 valence electrons. The highest BCUT2D eigenvalue weighted by molar-refractivity contribution is 6.06. The van der Waals surface area contributed by atoms with Crippen molar-refractivity contribution in [2.24, 2.45) is 23.7 Å². The molecule has 6 nitrogen and oxygen atoms in total. The maximum atomic E-state index is 12.7. The zero-order valence-corrected chi connectivity index (χ0v) is 16.5. The molecule has 2 saturated carbocycles. The van der Waals surface area contributed by atoms with E-state index in [0.29, 0.717) is 24.3 Å². The van der Waals surface area contributed by atoms with Crippen LogP contribution in [0.25, 0.3) is 0 Å². The van der Waals surface area contributed by atoms with E-state index in [4.69, 9.17) is 0 Å². The molecule has 0 spiro atoms. The van der Waals surface area contributed by atoms with Gasteiger partial charge >= 0.3 is 0 Å². The van der Waals surface area contributed by atoms with Crippen molar-refractivity contribution in [3.8, 4) is 0 Å². The molecular weight excluding hydrogens is 352 g/mol. The van der Waals surface area contributed by atoms with Gasteiger partial charge in [-0.15, -0.1) is 0 Å². The minimum absolute atomic E-state index is 0.0329. The Labute approximate surface area is 166 Å². The van der Waals surface area contributed by atoms with Crippen molar-refractivity contribution in [1.29, 1.82) is 0 Å². The van der Waals surface area contributed by atoms with Crippen LogP contribution in [0.5, 0.6) is 0 Å². The lowest BCUT2D eigenvalue weighted by Crippen LogP contribution is -2.36. The lowest BCUT2D eigenvalue weighted by atomic mass is 9.81. The predicted octanol–water partition coefficient (Wildman–Crippen LogP) is 2.47. The fourth-order valence-electron chi connectivity index (χ4n) is 6.23. The summed E-state index contributed by atoms with van der Waals surface area (Å²) in [4.78, 5) is 38.4. The number of rotatable bonds is 6. The molecule has 0 radical (unpaired) electrons. The molecule has 3 heterocycles. The van der Waals surface area contributed by atoms with Crippen LogP contribution in [0, 0.1) is 23.7 Å². The maximum absolute atomic E-state index is 12.7. The minimum atomic E-state index is 0.0329. The van der Waals surface area contributed by atoms with Crippen LogP contribution < -0.4 is 0 Å². The predicted molar refractivity (Wildman–Crippen MR) is 104 cm³/mol. The largest absolute Gasteiger partial charge is 0.303 e. The normalized spacial score (nSPS) is 33.1. The van der Waals surface area contributed by atoms with Crippen molar-refractivity contribution in [3.63, 3.8) is 0 Å². The molecule has 2 saturated heterocycles. The summed E-state index contributed by atoms with van der Waals surface area (Å²) in [6.45, 7) is 3.84. The number of likely N-dealkylation sites (tertiary alicyclic amines) is 2. The second-order valence-electron chi connectivity index (χ2n) is 9.14. The Kier molecular flexibility index (Phi) is 4.91. The van der Waals surface area contributed by atoms with E-state index in [-0.39, 0.29) is 23.7 Å². The molecular formula is C22H30N4O2. The van der Waals surface area contributed by atoms with Gasteiger partial charge in [0.25, 0.3) is 0 Å². The van der Waals surface area contributed by atoms with Gasteiger partial charge in [-0.1, -0.05) is 0 Å². The molecule has 2 bridgehead atoms. The molecule has 4 aliphatic rings. The Morgan fingerprint density at radius 2 is 1.46 bits per heavy atom. The highest BCUT2D eigenvalue weighted by Crippen LogP contribution is 2.56. The molecule has 2 aliphatic heterocycles. The molecule has 0 unspecified atom stereocenters. The van der Waals surface area contributed by atoms with E-state index in [1.165, 1.54) is 0 Å². The first-order valence-corrected chi connectivity index (χ1v) is 11.1. The van der Waals surface area contributed by atoms with Gasteiger partial charge in [-0.2, -0.15) is 0 Å². The second-order valence-corrected chi connectivity index (χ2v) is 9.14. The van der Waals surface area contributed by atoms with Gasteiger partial charge in [0.05, 0.1) is 11.8 Å². The highest BCUT2D eigenvalue weighted by Gasteiger charge is 2.60. The van der Waals surface area contributed by atoms with E-state index in [1.54, 1.807) is 4.90 Å². The number of carbonyl (C=O) groups is 2. The van der Waals surface area contributed by atoms with Crippen molar-refractivity contribution in [2.45, 2.75) is 50.9 Å². The average molecular weight is 383 g/mol. The van der Waals surface area contributed by atoms with Crippen molar-refractivity contribution in [1.82, 2.24) is 19.8 Å². The standard InChI is InChI=1S/C22H30N4O2/c27-21-18-16-4-5-17(14-16)19(18)22(28)26(21)11-2-1-10-25-12-6-15(7-13-25)20-23-8-3-9-24-20/h3,8-9,15-19H,1-2,4-7,10-14H2/t16-,17+,18-,19+. The van der Waals surface area contributed by atoms with Crippen LogP contribution in [-0.4, -0.2) is 57.8 Å². The summed E-state index contributed by atoms with van der Waals surface area (Å²) in [5, 5.41) is 0. The first-order chi connectivity index (χ1) is 13.7. The topological polar surface area (TPSA) is 66.4 Å². The fraction of sp³-hybridized carbons (Fsp3) is 0.727. The molecule has 4 atom stereocenters. The Morgan fingerprint density at radius 1 is 0.857 bits per heavy atom. The SMILES string of the molecule is O=C1[C@@H]2[C@@H]3CC[C@@H](C3)[C@@H]2C(=O)N1CCCCN1CCC(c2ncccn2)CC1. The molecule has 2 aliphatic carbocycles. The lowest BCUT2D eigenvalue weighted by Gasteiger charge is -2.31. The number of imide groups is 1. The number of fused-ring (bicyclic) bond motifs is 5. The van der Waals surface area contributed by atoms with Gasteiger partial charge < -0.3 is 4.90 Å². The molecule has 0 aromatic carbocycles. The van der Waals surface area contributed by atoms with Crippen LogP contribution in [0.15, 0.2) is 18.5 Å². The number of hydrogen-bond acceptors (Lipinski definition) is 5. The van der Waals surface area contributed by atoms with Crippen LogP contribution in [0.2, 0.25) is 0 Å². The zero-order valence-electron chi connectivity index (χ0n) is 16.5. The van der Waals surface area contributed by atoms with E-state index in [9.17, 15) is 9.59 Å². The summed E-state index contributed by atoms with van der Waals surface area (Å²) in [6.07, 6.45) is 11.3. The first-order valence-electron chi connectivity index (χ1n) is 11.1. The Hall–Kier alpha value is -1.82. The molecule has 1 aromatic rings. The number of unbranched alkanes of at least 4 members (excludes halogenated alkanes) is 1. The van der Waals surface area contributed by atoms with Crippen molar-refractivity contribution < 1.29 is 9.59 Å². The molecule has 2 amide bonds. The molecule has 0 N–H and O–H groups in total. The quantitative estimate of drug-likeness (QED) is 0.559. The summed E-state index contributed by atoms with van der Waals surface area (Å²) in [5.74, 6) is 2.80. The van der Waals surface area contributed by atoms with Crippen LogP contribution in [0.3, 0.4) is 0 Å². The van der Waals surface area contributed by atoms with E-state index in [2.05, 4.69) is 14.9 Å². The van der Waals surface area contributed by atoms with Gasteiger partial charge in [0.1, 0.15) is 5.82 Å². The zero-order chi connectivity index (χ0) is 19.1. The van der Waals surface area contributed by atoms with Gasteiger partial charge in [-0.3, -0.25) is 14.5 Å². The first kappa shape index (κ1) is 18.2. The van der Waals surface area contributed by atoms with E-state index in [0.717, 1.165) is 70.4 Å². The second kappa shape index (κ2) is 7.54. The molecule has 28 heavy (non-hydrogen) atoms. The third-order valence-electron chi connectivity index (χ3n) is 7.66. The lowest BCUT2D eigenvalue weighted by molar-refractivity contribution is -0.140. The van der Waals surface area contributed by atoms with Crippen molar-refractivity contribution in [2.75, 3.05) is 26.2 Å². The summed E-state index contributed by atoms with van der Waals surface area (Å²) < 4.78 is 0. The maximum Gasteiger partial charge on any atom is 0.233 e. The van der Waals surface area contributed by atoms with E-state index < -0.39 is 0 Å². The average Bonchev–Trinajstić information content (AvgIpc) is 3.41. The Balaban J connectivity index is 1.05. The number of carbonyl (C=O) groups excluding carboxylic acids is 2. The van der Waals surface area contributed by atoms with Gasteiger partial charge in [0.2, 0.25) is 11.8 Å². The fourth-order valence-corrected chi connectivity index (χ4v) is 6.23. The van der Waals surface area contributed by atoms with Crippen LogP contribution >= 0.6 is 0 Å². The van der Waals surface area contributed by atoms with Gasteiger partial charge in [-0.05, 0) is 82.5 Å². The van der Waals surface area contributed by atoms with Gasteiger partial charge in [0.15, 0.2) is 0 Å². The molecule has 6 heteroatoms. The third-order valence-corrected chi connectivity index (χ3v) is 7.66.